The van der Waals surface area contributed by atoms with Crippen LogP contribution in [0.25, 0.3) is 0 Å². The van der Waals surface area contributed by atoms with Gasteiger partial charge in [-0.2, -0.15) is 5.26 Å². The molecule has 0 bridgehead atoms. The summed E-state index contributed by atoms with van der Waals surface area (Å²) in [6.45, 7) is 0.788. The Balaban J connectivity index is 2.31. The Labute approximate surface area is 105 Å². The molecule has 1 aromatic carbocycles. The van der Waals surface area contributed by atoms with E-state index in [9.17, 15) is 4.79 Å². The van der Waals surface area contributed by atoms with Crippen molar-refractivity contribution in [3.05, 3.63) is 28.8 Å². The van der Waals surface area contributed by atoms with Gasteiger partial charge in [-0.3, -0.25) is 4.79 Å². The zero-order valence-corrected chi connectivity index (χ0v) is 9.94. The van der Waals surface area contributed by atoms with Gasteiger partial charge in [0.15, 0.2) is 0 Å². The van der Waals surface area contributed by atoms with Gasteiger partial charge in [0.05, 0.1) is 10.6 Å². The third-order valence-corrected chi connectivity index (χ3v) is 3.30. The molecule has 1 heterocycles. The second kappa shape index (κ2) is 4.64. The summed E-state index contributed by atoms with van der Waals surface area (Å²) in [5.74, 6) is -0.317. The molecule has 0 radical (unpaired) electrons. The zero-order valence-electron chi connectivity index (χ0n) is 9.19. The van der Waals surface area contributed by atoms with Gasteiger partial charge in [-0.15, -0.1) is 0 Å². The van der Waals surface area contributed by atoms with Crippen molar-refractivity contribution in [2.45, 2.75) is 18.9 Å². The largest absolute Gasteiger partial charge is 0.368 e. The van der Waals surface area contributed by atoms with Gasteiger partial charge in [0, 0.05) is 12.2 Å². The molecule has 0 spiro atoms. The molecule has 0 aliphatic carbocycles. The molecule has 1 aromatic rings. The van der Waals surface area contributed by atoms with Crippen molar-refractivity contribution in [3.63, 3.8) is 0 Å². The average molecular weight is 250 g/mol. The van der Waals surface area contributed by atoms with Crippen LogP contribution in [0, 0.1) is 11.3 Å². The average Bonchev–Trinajstić information content (AvgIpc) is 2.77. The number of carbonyl (C=O) groups excluding carboxylic acids is 1. The lowest BCUT2D eigenvalue weighted by atomic mass is 10.1. The van der Waals surface area contributed by atoms with Gasteiger partial charge in [0.1, 0.15) is 12.1 Å². The van der Waals surface area contributed by atoms with Gasteiger partial charge in [0.2, 0.25) is 5.91 Å². The van der Waals surface area contributed by atoms with E-state index in [0.717, 1.165) is 25.1 Å². The minimum atomic E-state index is -0.317. The lowest BCUT2D eigenvalue weighted by molar-refractivity contribution is -0.119. The quantitative estimate of drug-likeness (QED) is 0.867. The van der Waals surface area contributed by atoms with E-state index in [2.05, 4.69) is 0 Å². The summed E-state index contributed by atoms with van der Waals surface area (Å²) in [6, 6.07) is 6.91. The molecule has 88 valence electrons. The summed E-state index contributed by atoms with van der Waals surface area (Å²) >= 11 is 5.97. The number of primary amides is 1. The van der Waals surface area contributed by atoms with Crippen molar-refractivity contribution in [1.82, 2.24) is 0 Å². The van der Waals surface area contributed by atoms with E-state index < -0.39 is 0 Å². The summed E-state index contributed by atoms with van der Waals surface area (Å²) in [6.07, 6.45) is 1.71. The van der Waals surface area contributed by atoms with Crippen LogP contribution in [-0.4, -0.2) is 18.5 Å². The van der Waals surface area contributed by atoms with Crippen LogP contribution in [-0.2, 0) is 4.79 Å². The molecule has 1 saturated heterocycles. The van der Waals surface area contributed by atoms with Crippen LogP contribution in [0.5, 0.6) is 0 Å². The van der Waals surface area contributed by atoms with Crippen LogP contribution < -0.4 is 10.6 Å². The maximum Gasteiger partial charge on any atom is 0.240 e. The molecule has 2 N–H and O–H groups in total. The predicted molar refractivity (Wildman–Crippen MR) is 65.7 cm³/mol. The van der Waals surface area contributed by atoms with Gasteiger partial charge in [0.25, 0.3) is 0 Å². The van der Waals surface area contributed by atoms with Gasteiger partial charge in [-0.25, -0.2) is 0 Å². The standard InChI is InChI=1S/C12H12ClN3O/c13-10-6-9(4-3-8(10)7-14)16-5-1-2-11(16)12(15)17/h3-4,6,11H,1-2,5H2,(H2,15,17). The maximum atomic E-state index is 11.3. The number of amides is 1. The number of anilines is 1. The topological polar surface area (TPSA) is 70.1 Å². The lowest BCUT2D eigenvalue weighted by Crippen LogP contribution is -2.40. The second-order valence-electron chi connectivity index (χ2n) is 4.03. The molecule has 5 heteroatoms. The summed E-state index contributed by atoms with van der Waals surface area (Å²) in [7, 11) is 0. The molecule has 17 heavy (non-hydrogen) atoms. The van der Waals surface area contributed by atoms with Crippen molar-refractivity contribution >= 4 is 23.2 Å². The first kappa shape index (κ1) is 11.7. The Morgan fingerprint density at radius 2 is 2.35 bits per heavy atom. The molecule has 4 nitrogen and oxygen atoms in total. The highest BCUT2D eigenvalue weighted by Crippen LogP contribution is 2.29. The number of hydrogen-bond donors (Lipinski definition) is 1. The lowest BCUT2D eigenvalue weighted by Gasteiger charge is -2.24. The van der Waals surface area contributed by atoms with Gasteiger partial charge in [-0.1, -0.05) is 11.6 Å². The van der Waals surface area contributed by atoms with Crippen molar-refractivity contribution in [1.29, 1.82) is 5.26 Å². The van der Waals surface area contributed by atoms with Crippen molar-refractivity contribution in [3.8, 4) is 6.07 Å². The number of halogens is 1. The number of nitrogens with zero attached hydrogens (tertiary/aromatic N) is 2. The SMILES string of the molecule is N#Cc1ccc(N2CCCC2C(N)=O)cc1Cl. The Hall–Kier alpha value is -1.73. The van der Waals surface area contributed by atoms with Gasteiger partial charge < -0.3 is 10.6 Å². The Bertz CT molecular complexity index is 495. The fraction of sp³-hybridized carbons (Fsp3) is 0.333. The molecule has 1 unspecified atom stereocenters. The molecular weight excluding hydrogens is 238 g/mol. The predicted octanol–water partition coefficient (Wildman–Crippen LogP) is 1.67. The highest BCUT2D eigenvalue weighted by atomic mass is 35.5. The highest BCUT2D eigenvalue weighted by molar-refractivity contribution is 6.32. The third-order valence-electron chi connectivity index (χ3n) is 2.99. The smallest absolute Gasteiger partial charge is 0.240 e. The number of hydrogen-bond acceptors (Lipinski definition) is 3. The summed E-state index contributed by atoms with van der Waals surface area (Å²) in [5.41, 5.74) is 6.63. The second-order valence-corrected chi connectivity index (χ2v) is 4.44. The van der Waals surface area contributed by atoms with Crippen molar-refractivity contribution < 1.29 is 4.79 Å². The van der Waals surface area contributed by atoms with E-state index in [-0.39, 0.29) is 11.9 Å². The first-order valence-corrected chi connectivity index (χ1v) is 5.77. The van der Waals surface area contributed by atoms with Crippen LogP contribution in [0.2, 0.25) is 5.02 Å². The molecule has 1 amide bonds. The molecule has 1 aliphatic heterocycles. The summed E-state index contributed by atoms with van der Waals surface area (Å²) < 4.78 is 0. The van der Waals surface area contributed by atoms with Gasteiger partial charge in [-0.05, 0) is 31.0 Å². The van der Waals surface area contributed by atoms with E-state index in [1.54, 1.807) is 18.2 Å². The van der Waals surface area contributed by atoms with E-state index in [1.165, 1.54) is 0 Å². The molecule has 1 atom stereocenters. The Morgan fingerprint density at radius 1 is 1.59 bits per heavy atom. The maximum absolute atomic E-state index is 11.3. The van der Waals surface area contributed by atoms with E-state index in [0.29, 0.717) is 10.6 Å². The van der Waals surface area contributed by atoms with Crippen molar-refractivity contribution in [2.75, 3.05) is 11.4 Å². The minimum absolute atomic E-state index is 0.265. The van der Waals surface area contributed by atoms with Crippen LogP contribution in [0.15, 0.2) is 18.2 Å². The fourth-order valence-electron chi connectivity index (χ4n) is 2.14. The molecular formula is C12H12ClN3O. The monoisotopic (exact) mass is 249 g/mol. The first-order valence-electron chi connectivity index (χ1n) is 5.39. The van der Waals surface area contributed by atoms with E-state index in [4.69, 9.17) is 22.6 Å². The Kier molecular flexibility index (Phi) is 3.21. The van der Waals surface area contributed by atoms with Crippen LogP contribution in [0.3, 0.4) is 0 Å². The third kappa shape index (κ3) is 2.20. The molecule has 2 rings (SSSR count). The van der Waals surface area contributed by atoms with Crippen molar-refractivity contribution in [2.24, 2.45) is 5.73 Å². The number of nitriles is 1. The van der Waals surface area contributed by atoms with Crippen LogP contribution in [0.1, 0.15) is 18.4 Å². The fourth-order valence-corrected chi connectivity index (χ4v) is 2.36. The van der Waals surface area contributed by atoms with Crippen LogP contribution >= 0.6 is 11.6 Å². The number of benzene rings is 1. The first-order chi connectivity index (χ1) is 8.13. The van der Waals surface area contributed by atoms with E-state index >= 15 is 0 Å². The Morgan fingerprint density at radius 3 is 2.94 bits per heavy atom. The molecule has 1 fully saturated rings. The molecule has 0 aromatic heterocycles. The summed E-state index contributed by atoms with van der Waals surface area (Å²) in [5, 5.41) is 9.20. The molecule has 1 aliphatic rings. The van der Waals surface area contributed by atoms with Crippen LogP contribution in [0.4, 0.5) is 5.69 Å². The minimum Gasteiger partial charge on any atom is -0.368 e. The normalized spacial score (nSPS) is 19.1. The van der Waals surface area contributed by atoms with Gasteiger partial charge >= 0.3 is 0 Å². The van der Waals surface area contributed by atoms with E-state index in [1.807, 2.05) is 11.0 Å². The summed E-state index contributed by atoms with van der Waals surface area (Å²) in [4.78, 5) is 13.2. The zero-order chi connectivity index (χ0) is 12.4. The number of nitrogens with two attached hydrogens (primary N) is 1. The highest BCUT2D eigenvalue weighted by Gasteiger charge is 2.29. The molecule has 0 saturated carbocycles. The number of rotatable bonds is 2. The number of carbonyl (C=O) groups is 1.